The Morgan fingerprint density at radius 1 is 0.818 bits per heavy atom. The van der Waals surface area contributed by atoms with E-state index in [4.69, 9.17) is 14.2 Å². The first-order valence-electron chi connectivity index (χ1n) is 11.5. The fraction of sp³-hybridized carbons (Fsp3) is 0.556. The largest absolute Gasteiger partial charge is 0.496 e. The van der Waals surface area contributed by atoms with E-state index in [1.807, 2.05) is 30.3 Å². The molecular formula is C27H40O4P2. The summed E-state index contributed by atoms with van der Waals surface area (Å²) in [6, 6.07) is 12.0. The average molecular weight is 491 g/mol. The Morgan fingerprint density at radius 2 is 1.30 bits per heavy atom. The van der Waals surface area contributed by atoms with Crippen molar-refractivity contribution in [1.29, 1.82) is 0 Å². The molecule has 0 N–H and O–H groups in total. The normalized spacial score (nSPS) is 19.1. The van der Waals surface area contributed by atoms with Crippen molar-refractivity contribution in [2.75, 3.05) is 14.2 Å². The van der Waals surface area contributed by atoms with Gasteiger partial charge in [-0.05, 0) is 31.3 Å². The first kappa shape index (κ1) is 26.1. The number of ether oxygens (including phenoxy) is 3. The Morgan fingerprint density at radius 3 is 1.73 bits per heavy atom. The average Bonchev–Trinajstić information content (AvgIpc) is 3.11. The molecule has 182 valence electrons. The van der Waals surface area contributed by atoms with E-state index in [1.54, 1.807) is 14.2 Å². The summed E-state index contributed by atoms with van der Waals surface area (Å²) in [6.45, 7) is 19.4. The van der Waals surface area contributed by atoms with Crippen LogP contribution in [-0.2, 0) is 4.57 Å². The lowest BCUT2D eigenvalue weighted by molar-refractivity contribution is 0.341. The maximum Gasteiger partial charge on any atom is 0.174 e. The van der Waals surface area contributed by atoms with Crippen molar-refractivity contribution in [3.8, 4) is 28.4 Å². The van der Waals surface area contributed by atoms with Crippen LogP contribution in [0.3, 0.4) is 0 Å². The quantitative estimate of drug-likeness (QED) is 0.409. The first-order chi connectivity index (χ1) is 15.1. The molecule has 0 saturated heterocycles. The molecule has 1 aliphatic heterocycles. The van der Waals surface area contributed by atoms with E-state index >= 15 is 4.57 Å². The van der Waals surface area contributed by atoms with Crippen LogP contribution in [0.1, 0.15) is 62.3 Å². The van der Waals surface area contributed by atoms with Gasteiger partial charge in [-0.15, -0.1) is 0 Å². The molecule has 0 saturated carbocycles. The summed E-state index contributed by atoms with van der Waals surface area (Å²) < 4.78 is 33.4. The highest BCUT2D eigenvalue weighted by molar-refractivity contribution is 7.84. The zero-order valence-electron chi connectivity index (χ0n) is 22.1. The van der Waals surface area contributed by atoms with E-state index in [0.29, 0.717) is 0 Å². The van der Waals surface area contributed by atoms with Crippen LogP contribution in [-0.4, -0.2) is 35.3 Å². The van der Waals surface area contributed by atoms with Gasteiger partial charge in [-0.1, -0.05) is 80.5 Å². The molecule has 2 atom stereocenters. The van der Waals surface area contributed by atoms with Crippen molar-refractivity contribution < 1.29 is 18.8 Å². The molecule has 0 radical (unpaired) electrons. The van der Waals surface area contributed by atoms with Gasteiger partial charge < -0.3 is 18.8 Å². The number of hydrogen-bond donors (Lipinski definition) is 0. The summed E-state index contributed by atoms with van der Waals surface area (Å²) >= 11 is 0. The summed E-state index contributed by atoms with van der Waals surface area (Å²) in [5.74, 6) is 2.34. The molecule has 3 rings (SSSR count). The van der Waals surface area contributed by atoms with E-state index in [-0.39, 0.29) is 10.7 Å². The Kier molecular flexibility index (Phi) is 6.82. The lowest BCUT2D eigenvalue weighted by Crippen LogP contribution is -2.38. The minimum atomic E-state index is -2.87. The molecule has 2 aromatic rings. The van der Waals surface area contributed by atoms with Crippen molar-refractivity contribution in [3.63, 3.8) is 0 Å². The monoisotopic (exact) mass is 490 g/mol. The van der Waals surface area contributed by atoms with Gasteiger partial charge in [0.25, 0.3) is 0 Å². The van der Waals surface area contributed by atoms with Gasteiger partial charge in [0.05, 0.1) is 19.8 Å². The van der Waals surface area contributed by atoms with Crippen LogP contribution in [0.4, 0.5) is 0 Å². The second-order valence-corrected chi connectivity index (χ2v) is 19.5. The van der Waals surface area contributed by atoms with E-state index in [2.05, 4.69) is 68.4 Å². The van der Waals surface area contributed by atoms with Crippen molar-refractivity contribution in [1.82, 2.24) is 0 Å². The van der Waals surface area contributed by atoms with Gasteiger partial charge in [0.2, 0.25) is 0 Å². The first-order valence-corrected chi connectivity index (χ1v) is 14.7. The molecule has 1 aliphatic rings. The highest BCUT2D eigenvalue weighted by Crippen LogP contribution is 2.80. The number of benzene rings is 2. The molecule has 0 aliphatic carbocycles. The van der Waals surface area contributed by atoms with Gasteiger partial charge in [0.15, 0.2) is 5.59 Å². The van der Waals surface area contributed by atoms with Crippen LogP contribution in [0, 0.1) is 0 Å². The Balaban J connectivity index is 2.37. The number of rotatable bonds is 4. The number of hydrogen-bond acceptors (Lipinski definition) is 4. The van der Waals surface area contributed by atoms with Crippen LogP contribution in [0.25, 0.3) is 11.1 Å². The fourth-order valence-electron chi connectivity index (χ4n) is 5.03. The maximum atomic E-state index is 15.1. The molecule has 1 unspecified atom stereocenters. The lowest BCUT2D eigenvalue weighted by atomic mass is 10.0. The minimum absolute atomic E-state index is 0.122. The van der Waals surface area contributed by atoms with Crippen molar-refractivity contribution >= 4 is 20.4 Å². The van der Waals surface area contributed by atoms with Gasteiger partial charge in [-0.3, -0.25) is 0 Å². The third-order valence-corrected chi connectivity index (χ3v) is 15.7. The second-order valence-electron chi connectivity index (χ2n) is 11.7. The van der Waals surface area contributed by atoms with Crippen LogP contribution < -0.4 is 19.5 Å². The van der Waals surface area contributed by atoms with Crippen LogP contribution in [0.5, 0.6) is 17.2 Å². The van der Waals surface area contributed by atoms with E-state index in [9.17, 15) is 0 Å². The van der Waals surface area contributed by atoms with Crippen molar-refractivity contribution in [3.05, 3.63) is 36.4 Å². The summed E-state index contributed by atoms with van der Waals surface area (Å²) in [6.07, 6.45) is 0. The molecule has 0 aromatic heterocycles. The van der Waals surface area contributed by atoms with Crippen LogP contribution in [0.2, 0.25) is 0 Å². The Hall–Kier alpha value is -1.50. The molecular weight excluding hydrogens is 450 g/mol. The maximum absolute atomic E-state index is 15.1. The van der Waals surface area contributed by atoms with Crippen LogP contribution >= 0.6 is 15.1 Å². The zero-order chi connectivity index (χ0) is 25.0. The minimum Gasteiger partial charge on any atom is -0.496 e. The third kappa shape index (κ3) is 4.23. The molecule has 2 aromatic carbocycles. The summed E-state index contributed by atoms with van der Waals surface area (Å²) in [5, 5.41) is 0.238. The second kappa shape index (κ2) is 8.62. The van der Waals surface area contributed by atoms with Gasteiger partial charge in [0, 0.05) is 21.2 Å². The van der Waals surface area contributed by atoms with Gasteiger partial charge >= 0.3 is 0 Å². The molecule has 33 heavy (non-hydrogen) atoms. The van der Waals surface area contributed by atoms with Gasteiger partial charge in [-0.25, -0.2) is 0 Å². The third-order valence-electron chi connectivity index (χ3n) is 6.42. The SMILES string of the molecule is COc1cccc(OC)c1-c1cccc2c1P(C(C)(C)C)[C@H](P(=O)(C(C)(C)C)C(C)(C)C)O2. The highest BCUT2D eigenvalue weighted by atomic mass is 31.2. The molecule has 0 bridgehead atoms. The van der Waals surface area contributed by atoms with E-state index < -0.39 is 25.4 Å². The molecule has 0 fully saturated rings. The Bertz CT molecular complexity index is 1030. The summed E-state index contributed by atoms with van der Waals surface area (Å²) in [7, 11) is -0.470. The number of fused-ring (bicyclic) bond motifs is 1. The predicted molar refractivity (Wildman–Crippen MR) is 143 cm³/mol. The molecule has 0 amide bonds. The lowest BCUT2D eigenvalue weighted by Gasteiger charge is -2.47. The molecule has 4 nitrogen and oxygen atoms in total. The van der Waals surface area contributed by atoms with Gasteiger partial charge in [-0.2, -0.15) is 0 Å². The Labute approximate surface area is 201 Å². The van der Waals surface area contributed by atoms with E-state index in [1.165, 1.54) is 0 Å². The van der Waals surface area contributed by atoms with Crippen LogP contribution in [0.15, 0.2) is 36.4 Å². The molecule has 0 spiro atoms. The van der Waals surface area contributed by atoms with Gasteiger partial charge in [0.1, 0.15) is 24.4 Å². The standard InChI is InChI=1S/C27H40O4P2/c1-25(2,3)32-23-18(22-19(29-10)15-13-16-20(22)30-11)14-12-17-21(23)31-24(32)33(28,26(4,5)6)27(7,8)9/h12-17,24H,1-11H3/t24-,32?/m1/s1. The summed E-state index contributed by atoms with van der Waals surface area (Å²) in [4.78, 5) is 0. The highest BCUT2D eigenvalue weighted by Gasteiger charge is 2.60. The smallest absolute Gasteiger partial charge is 0.174 e. The topological polar surface area (TPSA) is 44.8 Å². The summed E-state index contributed by atoms with van der Waals surface area (Å²) in [5.41, 5.74) is 1.60. The molecule has 6 heteroatoms. The van der Waals surface area contributed by atoms with Crippen molar-refractivity contribution in [2.45, 2.75) is 83.4 Å². The number of methoxy groups -OCH3 is 2. The molecule has 1 heterocycles. The zero-order valence-corrected chi connectivity index (χ0v) is 23.9. The van der Waals surface area contributed by atoms with E-state index in [0.717, 1.165) is 33.7 Å². The predicted octanol–water partition coefficient (Wildman–Crippen LogP) is 7.91. The van der Waals surface area contributed by atoms with Crippen molar-refractivity contribution in [2.24, 2.45) is 0 Å². The fourth-order valence-corrected chi connectivity index (χ4v) is 16.0.